The van der Waals surface area contributed by atoms with E-state index in [1.807, 2.05) is 6.92 Å². The fraction of sp³-hybridized carbons (Fsp3) is 1.00. The average Bonchev–Trinajstić information content (AvgIpc) is 1.59. The molecule has 0 fully saturated rings. The third-order valence-corrected chi connectivity index (χ3v) is 2.70. The van der Waals surface area contributed by atoms with E-state index >= 15 is 0 Å². The molecule has 5 heteroatoms. The third-order valence-electron chi connectivity index (χ3n) is 0.470. The Kier molecular flexibility index (Phi) is 5.04. The zero-order valence-electron chi connectivity index (χ0n) is 4.46. The Hall–Kier alpha value is 1.43. The van der Waals surface area contributed by atoms with E-state index in [1.54, 1.807) is 0 Å². The first-order chi connectivity index (χ1) is 3.56. The molecule has 0 saturated heterocycles. The van der Waals surface area contributed by atoms with E-state index < -0.39 is 4.87 Å². The minimum atomic E-state index is -2.08. The van der Waals surface area contributed by atoms with Crippen molar-refractivity contribution < 1.29 is 4.43 Å². The van der Waals surface area contributed by atoms with Crippen LogP contribution < -0.4 is 0 Å². The second-order valence-electron chi connectivity index (χ2n) is 1.29. The van der Waals surface area contributed by atoms with Crippen LogP contribution in [0.25, 0.3) is 0 Å². The summed E-state index contributed by atoms with van der Waals surface area (Å²) in [6.07, 6.45) is 0.999. The van der Waals surface area contributed by atoms with Crippen LogP contribution in [0.4, 0.5) is 0 Å². The Bertz CT molecular complexity index is 64.8. The van der Waals surface area contributed by atoms with Gasteiger partial charge in [0.25, 0.3) is 0 Å². The minimum absolute atomic E-state index is 0.715. The Morgan fingerprint density at radius 1 is 1.62 bits per heavy atom. The first-order valence-corrected chi connectivity index (χ1v) is 9.70. The van der Waals surface area contributed by atoms with Gasteiger partial charge >= 0.3 is 4.87 Å². The molecule has 0 unspecified atom stereocenters. The van der Waals surface area contributed by atoms with Gasteiger partial charge in [0.15, 0.2) is 0 Å². The van der Waals surface area contributed by atoms with Crippen LogP contribution in [-0.4, -0.2) is 11.5 Å². The molecule has 0 aliphatic carbocycles. The van der Waals surface area contributed by atoms with Crippen LogP contribution >= 0.6 is 41.7 Å². The van der Waals surface area contributed by atoms with Gasteiger partial charge in [0.1, 0.15) is 0 Å². The van der Waals surface area contributed by atoms with Gasteiger partial charge in [-0.15, -0.1) is 11.1 Å². The summed E-state index contributed by atoms with van der Waals surface area (Å²) in [6.45, 7) is 2.75. The second-order valence-corrected chi connectivity index (χ2v) is 16.7. The van der Waals surface area contributed by atoms with E-state index in [0.29, 0.717) is 6.61 Å². The Labute approximate surface area is 70.7 Å². The first kappa shape index (κ1) is 9.43. The predicted octanol–water partition coefficient (Wildman–Crippen LogP) is 2.88. The highest BCUT2D eigenvalue weighted by Gasteiger charge is 2.24. The molecule has 0 N–H and O–H groups in total. The van der Waals surface area contributed by atoms with E-state index in [2.05, 4.69) is 30.6 Å². The minimum Gasteiger partial charge on any atom is -0.388 e. The van der Waals surface area contributed by atoms with E-state index in [0.717, 1.165) is 6.42 Å². The summed E-state index contributed by atoms with van der Waals surface area (Å²) in [6, 6.07) is 0. The van der Waals surface area contributed by atoms with Crippen LogP contribution in [0.5, 0.6) is 0 Å². The van der Waals surface area contributed by atoms with E-state index in [1.165, 1.54) is 0 Å². The largest absolute Gasteiger partial charge is 0.436 e. The summed E-state index contributed by atoms with van der Waals surface area (Å²) in [4.78, 5) is -2.08. The van der Waals surface area contributed by atoms with Gasteiger partial charge in [-0.2, -0.15) is 0 Å². The standard InChI is InChI=1S/C3H7Br2ClOSi/c1-2-3-7-8(4,5)6/h2-3H2,1H3. The highest BCUT2D eigenvalue weighted by Crippen LogP contribution is 2.25. The van der Waals surface area contributed by atoms with E-state index in [-0.39, 0.29) is 0 Å². The zero-order chi connectivity index (χ0) is 6.62. The monoisotopic (exact) mass is 280 g/mol. The molecule has 0 radical (unpaired) electrons. The number of halogens is 3. The van der Waals surface area contributed by atoms with Gasteiger partial charge in [0, 0.05) is 6.61 Å². The van der Waals surface area contributed by atoms with E-state index in [9.17, 15) is 0 Å². The molecule has 0 aliphatic rings. The maximum Gasteiger partial charge on any atom is 0.436 e. The zero-order valence-corrected chi connectivity index (χ0v) is 9.38. The van der Waals surface area contributed by atoms with Crippen LogP contribution in [0, 0.1) is 0 Å². The topological polar surface area (TPSA) is 9.23 Å². The fourth-order valence-electron chi connectivity index (χ4n) is 0.218. The molecule has 0 bridgehead atoms. The smallest absolute Gasteiger partial charge is 0.388 e. The Balaban J connectivity index is 3.11. The molecule has 0 aliphatic heterocycles. The molecule has 0 atom stereocenters. The van der Waals surface area contributed by atoms with Crippen molar-refractivity contribution in [1.82, 2.24) is 0 Å². The summed E-state index contributed by atoms with van der Waals surface area (Å²) in [5, 5.41) is 0. The van der Waals surface area contributed by atoms with Crippen LogP contribution in [0.3, 0.4) is 0 Å². The molecular weight excluding hydrogens is 275 g/mol. The summed E-state index contributed by atoms with van der Waals surface area (Å²) in [7, 11) is 0. The Morgan fingerprint density at radius 2 is 2.12 bits per heavy atom. The predicted molar refractivity (Wildman–Crippen MR) is 45.7 cm³/mol. The third kappa shape index (κ3) is 7.43. The summed E-state index contributed by atoms with van der Waals surface area (Å²) in [5.74, 6) is 0. The van der Waals surface area contributed by atoms with E-state index in [4.69, 9.17) is 15.5 Å². The van der Waals surface area contributed by atoms with Gasteiger partial charge in [-0.1, -0.05) is 37.5 Å². The lowest BCUT2D eigenvalue weighted by molar-refractivity contribution is 0.339. The van der Waals surface area contributed by atoms with Gasteiger partial charge < -0.3 is 4.43 Å². The lowest BCUT2D eigenvalue weighted by atomic mass is 10.5. The van der Waals surface area contributed by atoms with Crippen LogP contribution in [0.15, 0.2) is 0 Å². The van der Waals surface area contributed by atoms with Gasteiger partial charge in [-0.25, -0.2) is 0 Å². The summed E-state index contributed by atoms with van der Waals surface area (Å²) < 4.78 is 5.12. The lowest BCUT2D eigenvalue weighted by Gasteiger charge is -2.07. The normalized spacial score (nSPS) is 12.0. The number of hydrogen-bond donors (Lipinski definition) is 0. The van der Waals surface area contributed by atoms with Gasteiger partial charge in [-0.05, 0) is 6.42 Å². The van der Waals surface area contributed by atoms with Crippen molar-refractivity contribution in [2.45, 2.75) is 13.3 Å². The summed E-state index contributed by atoms with van der Waals surface area (Å²) in [5.41, 5.74) is 0. The molecule has 0 rings (SSSR count). The van der Waals surface area contributed by atoms with Gasteiger partial charge in [0.05, 0.1) is 0 Å². The second kappa shape index (κ2) is 4.28. The molecule has 0 spiro atoms. The van der Waals surface area contributed by atoms with Gasteiger partial charge in [0.2, 0.25) is 0 Å². The van der Waals surface area contributed by atoms with Crippen molar-refractivity contribution in [2.24, 2.45) is 0 Å². The van der Waals surface area contributed by atoms with Gasteiger partial charge in [-0.3, -0.25) is 0 Å². The molecule has 0 heterocycles. The van der Waals surface area contributed by atoms with Crippen LogP contribution in [-0.2, 0) is 4.43 Å². The van der Waals surface area contributed by atoms with Crippen LogP contribution in [0.1, 0.15) is 13.3 Å². The average molecular weight is 282 g/mol. The maximum absolute atomic E-state index is 5.66. The molecule has 1 nitrogen and oxygen atoms in total. The highest BCUT2D eigenvalue weighted by atomic mass is 79.9. The molecule has 0 amide bonds. The molecular formula is C3H7Br2ClOSi. The maximum atomic E-state index is 5.66. The fourth-order valence-corrected chi connectivity index (χ4v) is 1.86. The van der Waals surface area contributed by atoms with Crippen LogP contribution in [0.2, 0.25) is 0 Å². The van der Waals surface area contributed by atoms with Crippen molar-refractivity contribution in [3.05, 3.63) is 0 Å². The molecule has 0 aromatic carbocycles. The summed E-state index contributed by atoms with van der Waals surface area (Å²) >= 11 is 12.0. The SMILES string of the molecule is CCCO[Si](Cl)(Br)Br. The Morgan fingerprint density at radius 3 is 2.25 bits per heavy atom. The quantitative estimate of drug-likeness (QED) is 0.571. The number of hydrogen-bond acceptors (Lipinski definition) is 1. The van der Waals surface area contributed by atoms with Crippen molar-refractivity contribution in [3.8, 4) is 0 Å². The molecule has 0 aromatic rings. The highest BCUT2D eigenvalue weighted by molar-refractivity contribution is 9.52. The van der Waals surface area contributed by atoms with Crippen molar-refractivity contribution >= 4 is 46.5 Å². The lowest BCUT2D eigenvalue weighted by Crippen LogP contribution is -2.14. The number of rotatable bonds is 3. The van der Waals surface area contributed by atoms with Crippen molar-refractivity contribution in [2.75, 3.05) is 6.61 Å². The van der Waals surface area contributed by atoms with Crippen molar-refractivity contribution in [3.63, 3.8) is 0 Å². The molecule has 0 aromatic heterocycles. The van der Waals surface area contributed by atoms with Crippen molar-refractivity contribution in [1.29, 1.82) is 0 Å². The molecule has 8 heavy (non-hydrogen) atoms. The molecule has 50 valence electrons. The first-order valence-electron chi connectivity index (χ1n) is 2.27. The molecule has 0 saturated carbocycles.